The number of imidazole rings is 1. The number of hydrogen-bond acceptors (Lipinski definition) is 9. The average molecular weight is 639 g/mol. The van der Waals surface area contributed by atoms with E-state index in [-0.39, 0.29) is 72.6 Å². The van der Waals surface area contributed by atoms with Crippen molar-refractivity contribution >= 4 is 29.4 Å². The number of aryl methyl sites for hydroxylation is 1. The molecule has 46 heavy (non-hydrogen) atoms. The van der Waals surface area contributed by atoms with Crippen LogP contribution in [0.2, 0.25) is 0 Å². The summed E-state index contributed by atoms with van der Waals surface area (Å²) in [7, 11) is 0. The van der Waals surface area contributed by atoms with Crippen LogP contribution in [0, 0.1) is 40.4 Å². The van der Waals surface area contributed by atoms with Crippen molar-refractivity contribution < 1.29 is 38.9 Å². The summed E-state index contributed by atoms with van der Waals surface area (Å²) < 4.78 is 7.06. The van der Waals surface area contributed by atoms with Crippen LogP contribution in [0.15, 0.2) is 36.3 Å². The fourth-order valence-electron chi connectivity index (χ4n) is 9.26. The molecule has 0 spiro atoms. The van der Waals surface area contributed by atoms with E-state index >= 15 is 0 Å². The van der Waals surface area contributed by atoms with Gasteiger partial charge in [-0.15, -0.1) is 0 Å². The summed E-state index contributed by atoms with van der Waals surface area (Å²) in [6.07, 6.45) is 10.8. The first kappa shape index (κ1) is 33.7. The molecule has 4 aliphatic rings. The van der Waals surface area contributed by atoms with E-state index in [0.717, 1.165) is 24.8 Å². The molecule has 12 heteroatoms. The number of carboxylic acids is 1. The van der Waals surface area contributed by atoms with Crippen LogP contribution in [0.4, 0.5) is 0 Å². The first-order chi connectivity index (χ1) is 21.6. The Bertz CT molecular complexity index is 1460. The number of fused-ring (bicyclic) bond motifs is 5. The molecular weight excluding hydrogens is 592 g/mol. The van der Waals surface area contributed by atoms with Gasteiger partial charge in [-0.1, -0.05) is 32.4 Å². The molecule has 0 aromatic carbocycles. The van der Waals surface area contributed by atoms with Crippen molar-refractivity contribution in [1.29, 1.82) is 0 Å². The third-order valence-corrected chi connectivity index (χ3v) is 11.3. The van der Waals surface area contributed by atoms with Crippen molar-refractivity contribution in [2.75, 3.05) is 6.61 Å². The second-order valence-corrected chi connectivity index (χ2v) is 14.4. The zero-order valence-electron chi connectivity index (χ0n) is 27.0. The summed E-state index contributed by atoms with van der Waals surface area (Å²) in [4.78, 5) is 66.0. The number of aliphatic hydroxyl groups is 1. The molecule has 3 saturated carbocycles. The molecule has 10 atom stereocenters. The first-order valence-corrected chi connectivity index (χ1v) is 16.2. The van der Waals surface area contributed by atoms with Crippen LogP contribution < -0.4 is 11.1 Å². The number of Topliss-reactive ketones (excluding diaryl/α,β-unsaturated/α-hetero) is 1. The van der Waals surface area contributed by atoms with Crippen LogP contribution in [0.1, 0.15) is 65.5 Å². The van der Waals surface area contributed by atoms with E-state index in [9.17, 15) is 34.2 Å². The number of nitrogens with zero attached hydrogens (tertiary/aromatic N) is 2. The second kappa shape index (κ2) is 12.9. The van der Waals surface area contributed by atoms with Gasteiger partial charge >= 0.3 is 11.9 Å². The Kier molecular flexibility index (Phi) is 9.43. The largest absolute Gasteiger partial charge is 0.480 e. The Morgan fingerprint density at radius 1 is 1.26 bits per heavy atom. The van der Waals surface area contributed by atoms with Gasteiger partial charge in [-0.2, -0.15) is 0 Å². The monoisotopic (exact) mass is 638 g/mol. The van der Waals surface area contributed by atoms with Crippen LogP contribution in [0.25, 0.3) is 0 Å². The third-order valence-electron chi connectivity index (χ3n) is 11.3. The van der Waals surface area contributed by atoms with Gasteiger partial charge in [0.1, 0.15) is 12.6 Å². The van der Waals surface area contributed by atoms with E-state index in [4.69, 9.17) is 10.5 Å². The maximum Gasteiger partial charge on any atom is 0.326 e. The predicted molar refractivity (Wildman–Crippen MR) is 166 cm³/mol. The molecule has 5 N–H and O–H groups in total. The zero-order valence-corrected chi connectivity index (χ0v) is 27.0. The van der Waals surface area contributed by atoms with Gasteiger partial charge in [0.15, 0.2) is 11.6 Å². The van der Waals surface area contributed by atoms with Gasteiger partial charge < -0.3 is 30.6 Å². The second-order valence-electron chi connectivity index (χ2n) is 14.4. The number of carbonyl (C=O) groups is 5. The highest BCUT2D eigenvalue weighted by molar-refractivity contribution is 6.01. The number of nitrogens with two attached hydrogens (primary N) is 1. The molecule has 0 bridgehead atoms. The SMILES string of the molecule is CC(N)C(=O)NC(Cc1cn(CCC(=O)OCC(=O)[C@H]2[C@@H](C)CC3[C@@H]4CCC5=CC(=O)C=C[C@]5(C)C4[C@@H](O)C[C@@]32C)cn1)C(=O)O. The lowest BCUT2D eigenvalue weighted by Crippen LogP contribution is -2.56. The summed E-state index contributed by atoms with van der Waals surface area (Å²) in [5.74, 6) is -2.26. The molecule has 0 saturated heterocycles. The number of amides is 1. The Labute approximate surface area is 268 Å². The van der Waals surface area contributed by atoms with E-state index in [0.29, 0.717) is 12.1 Å². The highest BCUT2D eigenvalue weighted by atomic mass is 16.5. The van der Waals surface area contributed by atoms with Crippen molar-refractivity contribution in [2.45, 2.75) is 91.0 Å². The topological polar surface area (TPSA) is 191 Å². The molecular formula is C34H46N4O8. The quantitative estimate of drug-likeness (QED) is 0.261. The van der Waals surface area contributed by atoms with Gasteiger partial charge in [0.05, 0.1) is 30.6 Å². The van der Waals surface area contributed by atoms with E-state index < -0.39 is 41.4 Å². The lowest BCUT2D eigenvalue weighted by molar-refractivity contribution is -0.154. The van der Waals surface area contributed by atoms with Gasteiger partial charge in [-0.05, 0) is 67.9 Å². The Morgan fingerprint density at radius 3 is 2.70 bits per heavy atom. The molecule has 1 amide bonds. The minimum Gasteiger partial charge on any atom is -0.480 e. The molecule has 1 aromatic heterocycles. The van der Waals surface area contributed by atoms with Gasteiger partial charge in [0, 0.05) is 36.4 Å². The number of aliphatic hydroxyl groups excluding tert-OH is 1. The van der Waals surface area contributed by atoms with Gasteiger partial charge in [0.2, 0.25) is 5.91 Å². The molecule has 1 heterocycles. The molecule has 0 radical (unpaired) electrons. The Balaban J connectivity index is 1.16. The molecule has 4 unspecified atom stereocenters. The van der Waals surface area contributed by atoms with Crippen molar-refractivity contribution in [2.24, 2.45) is 46.2 Å². The fourth-order valence-corrected chi connectivity index (χ4v) is 9.26. The van der Waals surface area contributed by atoms with Gasteiger partial charge in [-0.3, -0.25) is 19.2 Å². The number of ketones is 2. The third kappa shape index (κ3) is 6.33. The fraction of sp³-hybridized carbons (Fsp3) is 0.647. The van der Waals surface area contributed by atoms with E-state index in [1.807, 2.05) is 6.08 Å². The highest BCUT2D eigenvalue weighted by Gasteiger charge is 2.64. The first-order valence-electron chi connectivity index (χ1n) is 16.2. The van der Waals surface area contributed by atoms with E-state index in [1.165, 1.54) is 13.3 Å². The summed E-state index contributed by atoms with van der Waals surface area (Å²) in [5, 5.41) is 23.4. The average Bonchev–Trinajstić information content (AvgIpc) is 3.54. The summed E-state index contributed by atoms with van der Waals surface area (Å²) in [6.45, 7) is 7.67. The van der Waals surface area contributed by atoms with E-state index in [2.05, 4.69) is 31.1 Å². The molecule has 3 fully saturated rings. The number of ether oxygens (including phenoxy) is 1. The number of carbonyl (C=O) groups excluding carboxylic acids is 4. The lowest BCUT2D eigenvalue weighted by Gasteiger charge is -2.58. The molecule has 0 aliphatic heterocycles. The minimum absolute atomic E-state index is 0.000485. The number of aromatic nitrogens is 2. The number of carboxylic acid groups (broad SMARTS) is 1. The number of hydrogen-bond donors (Lipinski definition) is 4. The summed E-state index contributed by atoms with van der Waals surface area (Å²) in [5.41, 5.74) is 6.24. The predicted octanol–water partition coefficient (Wildman–Crippen LogP) is 1.99. The number of allylic oxidation sites excluding steroid dienone is 4. The smallest absolute Gasteiger partial charge is 0.326 e. The summed E-state index contributed by atoms with van der Waals surface area (Å²) >= 11 is 0. The number of nitrogens with one attached hydrogen (secondary N) is 1. The minimum atomic E-state index is -1.21. The van der Waals surface area contributed by atoms with Crippen molar-refractivity contribution in [3.8, 4) is 0 Å². The maximum atomic E-state index is 13.7. The molecule has 5 rings (SSSR count). The van der Waals surface area contributed by atoms with Crippen molar-refractivity contribution in [3.05, 3.63) is 42.0 Å². The lowest BCUT2D eigenvalue weighted by atomic mass is 9.46. The Hall–Kier alpha value is -3.64. The molecule has 1 aromatic rings. The van der Waals surface area contributed by atoms with Crippen LogP contribution >= 0.6 is 0 Å². The van der Waals surface area contributed by atoms with Crippen molar-refractivity contribution in [3.63, 3.8) is 0 Å². The summed E-state index contributed by atoms with van der Waals surface area (Å²) in [6, 6.07) is -2.05. The van der Waals surface area contributed by atoms with Gasteiger partial charge in [0.25, 0.3) is 0 Å². The highest BCUT2D eigenvalue weighted by Crippen LogP contribution is 2.67. The number of aliphatic carboxylic acids is 1. The Morgan fingerprint density at radius 2 is 2.00 bits per heavy atom. The van der Waals surface area contributed by atoms with Crippen molar-refractivity contribution in [1.82, 2.24) is 14.9 Å². The molecule has 4 aliphatic carbocycles. The standard InChI is InChI=1S/C34H46N4O8/c1-18-11-24-23-6-5-20-12-22(39)7-9-33(20,3)30(23)26(40)14-34(24,4)29(18)27(41)16-46-28(42)8-10-38-15-21(36-17-38)13-25(32(44)45)37-31(43)19(2)35/h7,9,12,15,17-19,23-26,29-30,40H,5-6,8,10-11,13-14,16,35H2,1-4H3,(H,37,43)(H,44,45)/t18-,19?,23-,24?,25?,26-,29+,30?,33-,34-/m0/s1. The molecule has 250 valence electrons. The van der Waals surface area contributed by atoms with Crippen LogP contribution in [-0.4, -0.2) is 74.0 Å². The number of rotatable bonds is 11. The van der Waals surface area contributed by atoms with Crippen LogP contribution in [0.3, 0.4) is 0 Å². The van der Waals surface area contributed by atoms with Crippen LogP contribution in [0.5, 0.6) is 0 Å². The zero-order chi connectivity index (χ0) is 33.6. The number of esters is 1. The normalized spacial score (nSPS) is 34.4. The maximum absolute atomic E-state index is 13.7. The van der Waals surface area contributed by atoms with E-state index in [1.54, 1.807) is 22.9 Å². The van der Waals surface area contributed by atoms with Crippen LogP contribution in [-0.2, 0) is 41.7 Å². The van der Waals surface area contributed by atoms with Gasteiger partial charge in [-0.25, -0.2) is 9.78 Å². The molecule has 12 nitrogen and oxygen atoms in total.